The van der Waals surface area contributed by atoms with Crippen molar-refractivity contribution < 1.29 is 0 Å². The molecule has 0 radical (unpaired) electrons. The van der Waals surface area contributed by atoms with Crippen LogP contribution in [0.4, 0.5) is 0 Å². The zero-order chi connectivity index (χ0) is 15.4. The molecule has 1 aromatic carbocycles. The van der Waals surface area contributed by atoms with Crippen LogP contribution in [0.25, 0.3) is 10.9 Å². The highest BCUT2D eigenvalue weighted by Crippen LogP contribution is 2.19. The highest BCUT2D eigenvalue weighted by molar-refractivity contribution is 5.82. The van der Waals surface area contributed by atoms with E-state index >= 15 is 0 Å². The molecule has 0 amide bonds. The standard InChI is InChI=1S/C18H24N4/c1-14(19-9-11-22-12-10-20-15(22)2)7-8-16-13-21-18-6-4-3-5-17(16)18/h3-6,10,12-14,19,21H,7-9,11H2,1-2H3/t14-/m0/s1. The molecule has 0 aliphatic carbocycles. The second-order valence-electron chi connectivity index (χ2n) is 5.92. The Morgan fingerprint density at radius 3 is 3.00 bits per heavy atom. The molecule has 22 heavy (non-hydrogen) atoms. The van der Waals surface area contributed by atoms with Crippen LogP contribution in [0, 0.1) is 6.92 Å². The molecule has 0 spiro atoms. The third-order valence-electron chi connectivity index (χ3n) is 4.29. The van der Waals surface area contributed by atoms with Crippen molar-refractivity contribution in [2.45, 2.75) is 39.3 Å². The van der Waals surface area contributed by atoms with Crippen LogP contribution < -0.4 is 5.32 Å². The van der Waals surface area contributed by atoms with Gasteiger partial charge in [-0.2, -0.15) is 0 Å². The van der Waals surface area contributed by atoms with Crippen molar-refractivity contribution in [1.29, 1.82) is 0 Å². The fraction of sp³-hybridized carbons (Fsp3) is 0.389. The lowest BCUT2D eigenvalue weighted by Gasteiger charge is -2.14. The average Bonchev–Trinajstić information content (AvgIpc) is 3.12. The predicted octanol–water partition coefficient (Wildman–Crippen LogP) is 3.28. The molecule has 3 rings (SSSR count). The van der Waals surface area contributed by atoms with Crippen molar-refractivity contribution in [1.82, 2.24) is 19.9 Å². The molecule has 4 nitrogen and oxygen atoms in total. The summed E-state index contributed by atoms with van der Waals surface area (Å²) < 4.78 is 2.18. The molecule has 2 N–H and O–H groups in total. The van der Waals surface area contributed by atoms with Crippen LogP contribution in [0.2, 0.25) is 0 Å². The number of aromatic amines is 1. The van der Waals surface area contributed by atoms with Crippen molar-refractivity contribution >= 4 is 10.9 Å². The molecule has 116 valence electrons. The summed E-state index contributed by atoms with van der Waals surface area (Å²) in [6, 6.07) is 9.02. The summed E-state index contributed by atoms with van der Waals surface area (Å²) in [4.78, 5) is 7.59. The molecule has 0 fully saturated rings. The number of aryl methyl sites for hydroxylation is 2. The molecule has 3 aromatic rings. The van der Waals surface area contributed by atoms with Gasteiger partial charge in [-0.25, -0.2) is 4.98 Å². The normalized spacial score (nSPS) is 12.8. The van der Waals surface area contributed by atoms with E-state index in [-0.39, 0.29) is 0 Å². The average molecular weight is 296 g/mol. The van der Waals surface area contributed by atoms with E-state index in [4.69, 9.17) is 0 Å². The molecular formula is C18H24N4. The van der Waals surface area contributed by atoms with Crippen LogP contribution >= 0.6 is 0 Å². The minimum absolute atomic E-state index is 0.512. The zero-order valence-corrected chi connectivity index (χ0v) is 13.3. The lowest BCUT2D eigenvalue weighted by atomic mass is 10.1. The van der Waals surface area contributed by atoms with E-state index < -0.39 is 0 Å². The summed E-state index contributed by atoms with van der Waals surface area (Å²) in [5, 5.41) is 4.95. The first kappa shape index (κ1) is 14.9. The maximum absolute atomic E-state index is 4.25. The van der Waals surface area contributed by atoms with Crippen LogP contribution in [-0.2, 0) is 13.0 Å². The van der Waals surface area contributed by atoms with Crippen LogP contribution in [0.15, 0.2) is 42.9 Å². The minimum Gasteiger partial charge on any atom is -0.361 e. The number of aromatic nitrogens is 3. The molecule has 0 saturated carbocycles. The number of H-pyrrole nitrogens is 1. The Morgan fingerprint density at radius 1 is 1.32 bits per heavy atom. The lowest BCUT2D eigenvalue weighted by Crippen LogP contribution is -2.29. The van der Waals surface area contributed by atoms with Gasteiger partial charge in [-0.1, -0.05) is 18.2 Å². The number of hydrogen-bond donors (Lipinski definition) is 2. The third kappa shape index (κ3) is 3.39. The molecule has 4 heteroatoms. The van der Waals surface area contributed by atoms with E-state index in [1.165, 1.54) is 16.5 Å². The number of para-hydroxylation sites is 1. The van der Waals surface area contributed by atoms with Crippen molar-refractivity contribution in [3.63, 3.8) is 0 Å². The van der Waals surface area contributed by atoms with Gasteiger partial charge in [0, 0.05) is 48.6 Å². The highest BCUT2D eigenvalue weighted by atomic mass is 15.1. The second kappa shape index (κ2) is 6.79. The smallest absolute Gasteiger partial charge is 0.105 e. The van der Waals surface area contributed by atoms with Gasteiger partial charge in [0.25, 0.3) is 0 Å². The Hall–Kier alpha value is -2.07. The molecule has 0 saturated heterocycles. The van der Waals surface area contributed by atoms with E-state index in [1.54, 1.807) is 0 Å². The van der Waals surface area contributed by atoms with Crippen molar-refractivity contribution in [2.75, 3.05) is 6.54 Å². The van der Waals surface area contributed by atoms with Crippen LogP contribution in [-0.4, -0.2) is 27.1 Å². The predicted molar refractivity (Wildman–Crippen MR) is 91.0 cm³/mol. The molecule has 2 heterocycles. The summed E-state index contributed by atoms with van der Waals surface area (Å²) in [7, 11) is 0. The SMILES string of the molecule is Cc1nccn1CCN[C@@H](C)CCc1c[nH]c2ccccc12. The Bertz CT molecular complexity index is 725. The van der Waals surface area contributed by atoms with E-state index in [1.807, 2.05) is 19.3 Å². The zero-order valence-electron chi connectivity index (χ0n) is 13.3. The third-order valence-corrected chi connectivity index (χ3v) is 4.29. The van der Waals surface area contributed by atoms with Gasteiger partial charge in [0.1, 0.15) is 5.82 Å². The number of fused-ring (bicyclic) bond motifs is 1. The molecule has 2 aromatic heterocycles. The van der Waals surface area contributed by atoms with E-state index in [2.05, 4.69) is 57.2 Å². The first-order valence-corrected chi connectivity index (χ1v) is 8.00. The first-order chi connectivity index (χ1) is 10.7. The van der Waals surface area contributed by atoms with Gasteiger partial charge in [0.05, 0.1) is 0 Å². The van der Waals surface area contributed by atoms with E-state index in [0.717, 1.165) is 31.8 Å². The molecule has 0 aliphatic rings. The highest BCUT2D eigenvalue weighted by Gasteiger charge is 2.06. The van der Waals surface area contributed by atoms with Gasteiger partial charge in [0.2, 0.25) is 0 Å². The largest absolute Gasteiger partial charge is 0.361 e. The summed E-state index contributed by atoms with van der Waals surface area (Å²) in [6.07, 6.45) is 8.28. The maximum atomic E-state index is 4.25. The molecule has 0 unspecified atom stereocenters. The fourth-order valence-electron chi connectivity index (χ4n) is 2.88. The van der Waals surface area contributed by atoms with Crippen LogP contribution in [0.5, 0.6) is 0 Å². The van der Waals surface area contributed by atoms with Gasteiger partial charge in [-0.05, 0) is 38.3 Å². The van der Waals surface area contributed by atoms with Crippen LogP contribution in [0.1, 0.15) is 24.7 Å². The minimum atomic E-state index is 0.512. The molecule has 0 bridgehead atoms. The molecule has 0 aliphatic heterocycles. The Kier molecular flexibility index (Phi) is 4.59. The quantitative estimate of drug-likeness (QED) is 0.703. The number of rotatable bonds is 7. The second-order valence-corrected chi connectivity index (χ2v) is 5.92. The van der Waals surface area contributed by atoms with Gasteiger partial charge in [0.15, 0.2) is 0 Å². The summed E-state index contributed by atoms with van der Waals surface area (Å²) in [6.45, 7) is 6.26. The Labute approximate surface area is 131 Å². The van der Waals surface area contributed by atoms with Gasteiger partial charge < -0.3 is 14.9 Å². The Balaban J connectivity index is 1.46. The summed E-state index contributed by atoms with van der Waals surface area (Å²) in [5.41, 5.74) is 2.64. The van der Waals surface area contributed by atoms with Gasteiger partial charge in [-0.15, -0.1) is 0 Å². The molecular weight excluding hydrogens is 272 g/mol. The van der Waals surface area contributed by atoms with Crippen molar-refractivity contribution in [3.8, 4) is 0 Å². The number of benzene rings is 1. The van der Waals surface area contributed by atoms with Gasteiger partial charge in [-0.3, -0.25) is 0 Å². The summed E-state index contributed by atoms with van der Waals surface area (Å²) in [5.74, 6) is 1.08. The number of imidazole rings is 1. The van der Waals surface area contributed by atoms with Crippen molar-refractivity contribution in [3.05, 3.63) is 54.2 Å². The lowest BCUT2D eigenvalue weighted by molar-refractivity contribution is 0.487. The van der Waals surface area contributed by atoms with Gasteiger partial charge >= 0.3 is 0 Å². The topological polar surface area (TPSA) is 45.6 Å². The fourth-order valence-corrected chi connectivity index (χ4v) is 2.88. The number of hydrogen-bond acceptors (Lipinski definition) is 2. The van der Waals surface area contributed by atoms with Crippen molar-refractivity contribution in [2.24, 2.45) is 0 Å². The maximum Gasteiger partial charge on any atom is 0.105 e. The molecule has 1 atom stereocenters. The van der Waals surface area contributed by atoms with E-state index in [9.17, 15) is 0 Å². The van der Waals surface area contributed by atoms with E-state index in [0.29, 0.717) is 6.04 Å². The first-order valence-electron chi connectivity index (χ1n) is 8.00. The monoisotopic (exact) mass is 296 g/mol. The number of nitrogens with one attached hydrogen (secondary N) is 2. The van der Waals surface area contributed by atoms with Crippen LogP contribution in [0.3, 0.4) is 0 Å². The number of nitrogens with zero attached hydrogens (tertiary/aromatic N) is 2. The Morgan fingerprint density at radius 2 is 2.18 bits per heavy atom. The summed E-state index contributed by atoms with van der Waals surface area (Å²) >= 11 is 0.